The highest BCUT2D eigenvalue weighted by Gasteiger charge is 2.22. The molecule has 0 radical (unpaired) electrons. The first-order valence-corrected chi connectivity index (χ1v) is 9.23. The molecule has 0 aliphatic carbocycles. The van der Waals surface area contributed by atoms with Crippen LogP contribution in [0.5, 0.6) is 0 Å². The van der Waals surface area contributed by atoms with Gasteiger partial charge in [-0.3, -0.25) is 4.79 Å². The highest BCUT2D eigenvalue weighted by molar-refractivity contribution is 7.89. The van der Waals surface area contributed by atoms with Gasteiger partial charge in [-0.2, -0.15) is 0 Å². The van der Waals surface area contributed by atoms with E-state index in [0.29, 0.717) is 5.76 Å². The van der Waals surface area contributed by atoms with Crippen molar-refractivity contribution in [2.24, 2.45) is 0 Å². The molecule has 1 N–H and O–H groups in total. The molecule has 0 saturated carbocycles. The van der Waals surface area contributed by atoms with E-state index >= 15 is 0 Å². The van der Waals surface area contributed by atoms with Gasteiger partial charge in [-0.25, -0.2) is 17.9 Å². The number of amides is 1. The average Bonchev–Trinajstić information content (AvgIpc) is 3.13. The van der Waals surface area contributed by atoms with Gasteiger partial charge in [0.25, 0.3) is 5.91 Å². The summed E-state index contributed by atoms with van der Waals surface area (Å²) in [5.74, 6) is -0.696. The van der Waals surface area contributed by atoms with Gasteiger partial charge in [0.2, 0.25) is 10.0 Å². The molecule has 0 saturated heterocycles. The Kier molecular flexibility index (Phi) is 6.17. The van der Waals surface area contributed by atoms with Gasteiger partial charge in [-0.1, -0.05) is 6.07 Å². The number of hydrogen-bond donors (Lipinski definition) is 1. The normalized spacial score (nSPS) is 12.4. The van der Waals surface area contributed by atoms with Crippen LogP contribution in [0.15, 0.2) is 52.0 Å². The largest absolute Gasteiger partial charge is 0.468 e. The SMILES string of the molecule is C[C@@H](OC(=O)c1cccc(S(=O)(=O)NCc2ccco2)c1)C(=O)N(C)C. The summed E-state index contributed by atoms with van der Waals surface area (Å²) in [5, 5.41) is 0. The molecule has 9 heteroatoms. The first-order valence-electron chi connectivity index (χ1n) is 7.75. The fraction of sp³-hybridized carbons (Fsp3) is 0.294. The maximum atomic E-state index is 12.4. The monoisotopic (exact) mass is 380 g/mol. The molecule has 2 aromatic rings. The zero-order valence-corrected chi connectivity index (χ0v) is 15.4. The van der Waals surface area contributed by atoms with Crippen LogP contribution in [0.2, 0.25) is 0 Å². The minimum atomic E-state index is -3.84. The molecule has 140 valence electrons. The lowest BCUT2D eigenvalue weighted by Gasteiger charge is -2.17. The molecule has 0 aliphatic heterocycles. The van der Waals surface area contributed by atoms with Crippen LogP contribution in [0.3, 0.4) is 0 Å². The van der Waals surface area contributed by atoms with Crippen LogP contribution in [0, 0.1) is 0 Å². The molecule has 0 unspecified atom stereocenters. The third-order valence-electron chi connectivity index (χ3n) is 3.47. The fourth-order valence-corrected chi connectivity index (χ4v) is 3.13. The second-order valence-corrected chi connectivity index (χ2v) is 7.48. The van der Waals surface area contributed by atoms with E-state index < -0.39 is 22.1 Å². The van der Waals surface area contributed by atoms with Gasteiger partial charge >= 0.3 is 5.97 Å². The Morgan fingerprint density at radius 2 is 1.96 bits per heavy atom. The lowest BCUT2D eigenvalue weighted by Crippen LogP contribution is -2.34. The molecule has 0 spiro atoms. The maximum absolute atomic E-state index is 12.4. The number of nitrogens with one attached hydrogen (secondary N) is 1. The van der Waals surface area contributed by atoms with Gasteiger partial charge in [-0.15, -0.1) is 0 Å². The first-order chi connectivity index (χ1) is 12.2. The summed E-state index contributed by atoms with van der Waals surface area (Å²) < 4.78 is 37.3. The molecule has 1 amide bonds. The number of carbonyl (C=O) groups is 2. The predicted molar refractivity (Wildman–Crippen MR) is 92.7 cm³/mol. The third-order valence-corrected chi connectivity index (χ3v) is 4.87. The van der Waals surface area contributed by atoms with Crippen LogP contribution in [0.25, 0.3) is 0 Å². The topological polar surface area (TPSA) is 106 Å². The summed E-state index contributed by atoms with van der Waals surface area (Å²) in [6.07, 6.45) is 0.464. The van der Waals surface area contributed by atoms with Gasteiger partial charge < -0.3 is 14.1 Å². The molecule has 2 rings (SSSR count). The molecule has 0 fully saturated rings. The van der Waals surface area contributed by atoms with E-state index in [-0.39, 0.29) is 22.9 Å². The molecule has 26 heavy (non-hydrogen) atoms. The molecule has 0 bridgehead atoms. The maximum Gasteiger partial charge on any atom is 0.338 e. The molecule has 1 heterocycles. The van der Waals surface area contributed by atoms with Gasteiger partial charge in [0.15, 0.2) is 6.10 Å². The zero-order chi connectivity index (χ0) is 19.3. The molecule has 1 aromatic heterocycles. The second-order valence-electron chi connectivity index (χ2n) is 5.71. The summed E-state index contributed by atoms with van der Waals surface area (Å²) in [4.78, 5) is 25.2. The Hall–Kier alpha value is -2.65. The summed E-state index contributed by atoms with van der Waals surface area (Å²) in [6.45, 7) is 1.43. The minimum absolute atomic E-state index is 0.0155. The van der Waals surface area contributed by atoms with Crippen LogP contribution >= 0.6 is 0 Å². The minimum Gasteiger partial charge on any atom is -0.468 e. The zero-order valence-electron chi connectivity index (χ0n) is 14.6. The van der Waals surface area contributed by atoms with Gasteiger partial charge in [0.1, 0.15) is 5.76 Å². The van der Waals surface area contributed by atoms with Crippen molar-refractivity contribution < 1.29 is 27.2 Å². The van der Waals surface area contributed by atoms with Crippen LogP contribution < -0.4 is 4.72 Å². The number of rotatable bonds is 7. The lowest BCUT2D eigenvalue weighted by molar-refractivity contribution is -0.137. The first kappa shape index (κ1) is 19.7. The quantitative estimate of drug-likeness (QED) is 0.728. The van der Waals surface area contributed by atoms with E-state index in [2.05, 4.69) is 4.72 Å². The Morgan fingerprint density at radius 3 is 2.58 bits per heavy atom. The third kappa shape index (κ3) is 4.93. The molecule has 1 atom stereocenters. The Labute approximate surface area is 151 Å². The molecular formula is C17H20N2O6S. The lowest BCUT2D eigenvalue weighted by atomic mass is 10.2. The van der Waals surface area contributed by atoms with Crippen molar-refractivity contribution in [1.29, 1.82) is 0 Å². The predicted octanol–water partition coefficient (Wildman–Crippen LogP) is 1.39. The number of likely N-dealkylation sites (N-methyl/N-ethyl adjacent to an activating group) is 1. The van der Waals surface area contributed by atoms with Crippen LogP contribution in [0.1, 0.15) is 23.0 Å². The number of hydrogen-bond acceptors (Lipinski definition) is 6. The molecule has 8 nitrogen and oxygen atoms in total. The van der Waals surface area contributed by atoms with E-state index in [4.69, 9.17) is 9.15 Å². The standard InChI is InChI=1S/C17H20N2O6S/c1-12(16(20)19(2)3)25-17(21)13-6-4-8-15(10-13)26(22,23)18-11-14-7-5-9-24-14/h4-10,12,18H,11H2,1-3H3/t12-/m1/s1. The highest BCUT2D eigenvalue weighted by atomic mass is 32.2. The number of sulfonamides is 1. The van der Waals surface area contributed by atoms with E-state index in [0.717, 1.165) is 0 Å². The van der Waals surface area contributed by atoms with Gasteiger partial charge in [0, 0.05) is 14.1 Å². The summed E-state index contributed by atoms with van der Waals surface area (Å²) >= 11 is 0. The van der Waals surface area contributed by atoms with Crippen LogP contribution in [0.4, 0.5) is 0 Å². The van der Waals surface area contributed by atoms with Crippen LogP contribution in [-0.2, 0) is 26.1 Å². The Morgan fingerprint density at radius 1 is 1.23 bits per heavy atom. The molecular weight excluding hydrogens is 360 g/mol. The highest BCUT2D eigenvalue weighted by Crippen LogP contribution is 2.14. The van der Waals surface area contributed by atoms with Crippen molar-refractivity contribution >= 4 is 21.9 Å². The van der Waals surface area contributed by atoms with E-state index in [1.165, 1.54) is 42.4 Å². The number of nitrogens with zero attached hydrogens (tertiary/aromatic N) is 1. The summed E-state index contributed by atoms with van der Waals surface area (Å²) in [7, 11) is -0.751. The Bertz CT molecular complexity index is 874. The van der Waals surface area contributed by atoms with Gasteiger partial charge in [-0.05, 0) is 37.3 Å². The summed E-state index contributed by atoms with van der Waals surface area (Å²) in [5.41, 5.74) is 0.0317. The number of carbonyl (C=O) groups excluding carboxylic acids is 2. The average molecular weight is 380 g/mol. The van der Waals surface area contributed by atoms with E-state index in [1.807, 2.05) is 0 Å². The fourth-order valence-electron chi connectivity index (χ4n) is 2.10. The van der Waals surface area contributed by atoms with Crippen molar-refractivity contribution in [1.82, 2.24) is 9.62 Å². The summed E-state index contributed by atoms with van der Waals surface area (Å²) in [6, 6.07) is 8.68. The van der Waals surface area contributed by atoms with E-state index in [1.54, 1.807) is 26.2 Å². The number of ether oxygens (including phenoxy) is 1. The van der Waals surface area contributed by atoms with Crippen molar-refractivity contribution in [2.75, 3.05) is 14.1 Å². The molecule has 1 aromatic carbocycles. The second kappa shape index (κ2) is 8.15. The van der Waals surface area contributed by atoms with Crippen molar-refractivity contribution in [2.45, 2.75) is 24.5 Å². The van der Waals surface area contributed by atoms with Crippen molar-refractivity contribution in [3.8, 4) is 0 Å². The van der Waals surface area contributed by atoms with Crippen molar-refractivity contribution in [3.63, 3.8) is 0 Å². The number of benzene rings is 1. The van der Waals surface area contributed by atoms with Crippen molar-refractivity contribution in [3.05, 3.63) is 54.0 Å². The number of esters is 1. The Balaban J connectivity index is 2.11. The van der Waals surface area contributed by atoms with Gasteiger partial charge in [0.05, 0.1) is 23.3 Å². The molecule has 0 aliphatic rings. The van der Waals surface area contributed by atoms with E-state index in [9.17, 15) is 18.0 Å². The smallest absolute Gasteiger partial charge is 0.338 e. The van der Waals surface area contributed by atoms with Crippen LogP contribution in [-0.4, -0.2) is 45.4 Å². The number of furan rings is 1.